The maximum atomic E-state index is 13.1. The molecule has 26 heavy (non-hydrogen) atoms. The zero-order valence-corrected chi connectivity index (χ0v) is 16.1. The monoisotopic (exact) mass is 369 g/mol. The minimum atomic E-state index is 0.0944. The molecule has 0 bridgehead atoms. The maximum absolute atomic E-state index is 13.1. The summed E-state index contributed by atoms with van der Waals surface area (Å²) in [6, 6.07) is 13.0. The van der Waals surface area contributed by atoms with Gasteiger partial charge in [-0.1, -0.05) is 37.3 Å². The number of nitrogens with zero attached hydrogens (tertiary/aromatic N) is 2. The minimum absolute atomic E-state index is 0.0944. The van der Waals surface area contributed by atoms with E-state index in [2.05, 4.69) is 52.4 Å². The molecule has 3 atom stereocenters. The number of rotatable bonds is 4. The fourth-order valence-electron chi connectivity index (χ4n) is 4.51. The number of hydrogen-bond acceptors (Lipinski definition) is 4. The summed E-state index contributed by atoms with van der Waals surface area (Å²) in [6.07, 6.45) is 1.96. The second-order valence-electron chi connectivity index (χ2n) is 7.44. The Morgan fingerprint density at radius 2 is 2.04 bits per heavy atom. The molecule has 3 heterocycles. The highest BCUT2D eigenvalue weighted by Gasteiger charge is 2.35. The van der Waals surface area contributed by atoms with E-state index in [1.807, 2.05) is 17.4 Å². The molecule has 0 saturated carbocycles. The number of fused-ring (bicyclic) bond motifs is 1. The fourth-order valence-corrected chi connectivity index (χ4v) is 5.44. The van der Waals surface area contributed by atoms with E-state index in [9.17, 15) is 4.79 Å². The van der Waals surface area contributed by atoms with Crippen molar-refractivity contribution in [1.29, 1.82) is 0 Å². The summed E-state index contributed by atoms with van der Waals surface area (Å²) in [5.74, 6) is 0.561. The van der Waals surface area contributed by atoms with Crippen LogP contribution >= 0.6 is 11.3 Å². The van der Waals surface area contributed by atoms with E-state index in [1.54, 1.807) is 0 Å². The standard InChI is InChI=1S/C21H27N3OS/c1-2-19-16-9-11-26-20(16)8-10-24(19)21(25)14-23-12-17(18(22)13-23)15-6-4-3-5-7-15/h3-7,9,11,17-19H,2,8,10,12-14,22H2,1H3/t17-,18+,19?/m0/s1. The molecule has 2 N–H and O–H groups in total. The fraction of sp³-hybridized carbons (Fsp3) is 0.476. The summed E-state index contributed by atoms with van der Waals surface area (Å²) in [7, 11) is 0. The van der Waals surface area contributed by atoms with Gasteiger partial charge in [0.15, 0.2) is 0 Å². The van der Waals surface area contributed by atoms with Gasteiger partial charge in [-0.3, -0.25) is 9.69 Å². The van der Waals surface area contributed by atoms with Crippen LogP contribution in [0, 0.1) is 0 Å². The molecule has 1 aromatic heterocycles. The highest BCUT2D eigenvalue weighted by molar-refractivity contribution is 7.10. The van der Waals surface area contributed by atoms with Gasteiger partial charge in [0.2, 0.25) is 5.91 Å². The summed E-state index contributed by atoms with van der Waals surface area (Å²) in [6.45, 7) is 5.15. The van der Waals surface area contributed by atoms with Crippen LogP contribution < -0.4 is 5.73 Å². The minimum Gasteiger partial charge on any atom is -0.334 e. The number of hydrogen-bond donors (Lipinski definition) is 1. The Balaban J connectivity index is 1.42. The second kappa shape index (κ2) is 7.51. The summed E-state index contributed by atoms with van der Waals surface area (Å²) in [4.78, 5) is 18.8. The summed E-state index contributed by atoms with van der Waals surface area (Å²) in [5, 5.41) is 2.16. The zero-order chi connectivity index (χ0) is 18.1. The summed E-state index contributed by atoms with van der Waals surface area (Å²) >= 11 is 1.82. The molecule has 1 saturated heterocycles. The van der Waals surface area contributed by atoms with Crippen molar-refractivity contribution in [3.8, 4) is 0 Å². The molecule has 1 aromatic carbocycles. The van der Waals surface area contributed by atoms with Gasteiger partial charge in [0.05, 0.1) is 12.6 Å². The van der Waals surface area contributed by atoms with Crippen LogP contribution in [0.1, 0.15) is 41.3 Å². The molecule has 0 spiro atoms. The van der Waals surface area contributed by atoms with Crippen molar-refractivity contribution in [3.05, 3.63) is 57.8 Å². The Labute approximate surface area is 159 Å². The van der Waals surface area contributed by atoms with E-state index in [-0.39, 0.29) is 18.0 Å². The van der Waals surface area contributed by atoms with Crippen molar-refractivity contribution in [3.63, 3.8) is 0 Å². The molecule has 1 amide bonds. The Kier molecular flexibility index (Phi) is 5.11. The Morgan fingerprint density at radius 1 is 1.23 bits per heavy atom. The lowest BCUT2D eigenvalue weighted by Gasteiger charge is -2.36. The molecule has 0 aliphatic carbocycles. The first-order chi connectivity index (χ1) is 12.7. The van der Waals surface area contributed by atoms with Crippen LogP contribution in [0.3, 0.4) is 0 Å². The topological polar surface area (TPSA) is 49.6 Å². The van der Waals surface area contributed by atoms with E-state index in [0.29, 0.717) is 12.5 Å². The quantitative estimate of drug-likeness (QED) is 0.901. The van der Waals surface area contributed by atoms with Gasteiger partial charge in [-0.05, 0) is 35.4 Å². The van der Waals surface area contributed by atoms with Crippen molar-refractivity contribution in [2.24, 2.45) is 5.73 Å². The zero-order valence-electron chi connectivity index (χ0n) is 15.3. The third-order valence-corrected chi connectivity index (χ3v) is 6.83. The SMILES string of the molecule is CCC1c2ccsc2CCN1C(=O)CN1C[C@@H](N)[C@H](c2ccccc2)C1. The van der Waals surface area contributed by atoms with Crippen LogP contribution in [0.2, 0.25) is 0 Å². The van der Waals surface area contributed by atoms with Crippen LogP contribution in [0.25, 0.3) is 0 Å². The molecule has 2 aromatic rings. The van der Waals surface area contributed by atoms with E-state index in [4.69, 9.17) is 5.73 Å². The molecular formula is C21H27N3OS. The largest absolute Gasteiger partial charge is 0.334 e. The first-order valence-electron chi connectivity index (χ1n) is 9.56. The van der Waals surface area contributed by atoms with Gasteiger partial charge >= 0.3 is 0 Å². The van der Waals surface area contributed by atoms with Gasteiger partial charge in [0.1, 0.15) is 0 Å². The first-order valence-corrected chi connectivity index (χ1v) is 10.4. The highest BCUT2D eigenvalue weighted by atomic mass is 32.1. The van der Waals surface area contributed by atoms with Gasteiger partial charge in [0.25, 0.3) is 0 Å². The normalized spacial score (nSPS) is 26.1. The van der Waals surface area contributed by atoms with Crippen molar-refractivity contribution < 1.29 is 4.79 Å². The van der Waals surface area contributed by atoms with E-state index in [0.717, 1.165) is 32.5 Å². The lowest BCUT2D eigenvalue weighted by Crippen LogP contribution is -2.44. The predicted molar refractivity (Wildman–Crippen MR) is 106 cm³/mol. The molecule has 4 rings (SSSR count). The lowest BCUT2D eigenvalue weighted by atomic mass is 9.95. The molecular weight excluding hydrogens is 342 g/mol. The average molecular weight is 370 g/mol. The van der Waals surface area contributed by atoms with Crippen LogP contribution in [0.5, 0.6) is 0 Å². The molecule has 2 aliphatic rings. The van der Waals surface area contributed by atoms with Crippen LogP contribution in [0.4, 0.5) is 0 Å². The molecule has 5 heteroatoms. The van der Waals surface area contributed by atoms with Crippen molar-refractivity contribution in [2.45, 2.75) is 37.8 Å². The Morgan fingerprint density at radius 3 is 2.81 bits per heavy atom. The van der Waals surface area contributed by atoms with Crippen LogP contribution in [0.15, 0.2) is 41.8 Å². The Hall–Kier alpha value is -1.69. The molecule has 2 aliphatic heterocycles. The van der Waals surface area contributed by atoms with Crippen molar-refractivity contribution >= 4 is 17.2 Å². The predicted octanol–water partition coefficient (Wildman–Crippen LogP) is 3.01. The number of thiophene rings is 1. The van der Waals surface area contributed by atoms with Gasteiger partial charge in [0, 0.05) is 36.5 Å². The summed E-state index contributed by atoms with van der Waals surface area (Å²) < 4.78 is 0. The van der Waals surface area contributed by atoms with Crippen LogP contribution in [-0.4, -0.2) is 47.9 Å². The average Bonchev–Trinajstić information content (AvgIpc) is 3.27. The third-order valence-electron chi connectivity index (χ3n) is 5.83. The molecule has 1 fully saturated rings. The smallest absolute Gasteiger partial charge is 0.237 e. The number of benzene rings is 1. The third kappa shape index (κ3) is 3.31. The van der Waals surface area contributed by atoms with E-state index < -0.39 is 0 Å². The van der Waals surface area contributed by atoms with Crippen molar-refractivity contribution in [2.75, 3.05) is 26.2 Å². The first kappa shape index (κ1) is 17.7. The van der Waals surface area contributed by atoms with Gasteiger partial charge in [-0.2, -0.15) is 0 Å². The summed E-state index contributed by atoms with van der Waals surface area (Å²) in [5.41, 5.74) is 9.03. The number of carbonyl (C=O) groups excluding carboxylic acids is 1. The van der Waals surface area contributed by atoms with Gasteiger partial charge in [-0.15, -0.1) is 11.3 Å². The number of amides is 1. The molecule has 0 radical (unpaired) electrons. The van der Waals surface area contributed by atoms with Gasteiger partial charge < -0.3 is 10.6 Å². The van der Waals surface area contributed by atoms with E-state index in [1.165, 1.54) is 16.0 Å². The number of likely N-dealkylation sites (tertiary alicyclic amines) is 1. The second-order valence-corrected chi connectivity index (χ2v) is 8.44. The molecule has 1 unspecified atom stereocenters. The number of carbonyl (C=O) groups is 1. The number of nitrogens with two attached hydrogens (primary N) is 1. The van der Waals surface area contributed by atoms with Gasteiger partial charge in [-0.25, -0.2) is 0 Å². The van der Waals surface area contributed by atoms with Crippen LogP contribution in [-0.2, 0) is 11.2 Å². The van der Waals surface area contributed by atoms with Crippen molar-refractivity contribution in [1.82, 2.24) is 9.80 Å². The lowest BCUT2D eigenvalue weighted by molar-refractivity contribution is -0.135. The van der Waals surface area contributed by atoms with E-state index >= 15 is 0 Å². The Bertz CT molecular complexity index is 760. The molecule has 138 valence electrons. The maximum Gasteiger partial charge on any atom is 0.237 e. The highest BCUT2D eigenvalue weighted by Crippen LogP contribution is 2.35. The molecule has 4 nitrogen and oxygen atoms in total.